The van der Waals surface area contributed by atoms with Crippen LogP contribution in [-0.4, -0.2) is 25.9 Å². The molecule has 0 saturated carbocycles. The molecule has 0 N–H and O–H groups in total. The van der Waals surface area contributed by atoms with Gasteiger partial charge in [0.15, 0.2) is 6.10 Å². The molecule has 2 rings (SSSR count). The highest BCUT2D eigenvalue weighted by Crippen LogP contribution is 2.17. The number of ether oxygens (including phenoxy) is 3. The molecule has 5 heteroatoms. The number of nitriles is 2. The van der Waals surface area contributed by atoms with Gasteiger partial charge < -0.3 is 14.2 Å². The third kappa shape index (κ3) is 14.7. The summed E-state index contributed by atoms with van der Waals surface area (Å²) in [6, 6.07) is 19.5. The van der Waals surface area contributed by atoms with Gasteiger partial charge in [-0.15, -0.1) is 0 Å². The van der Waals surface area contributed by atoms with Gasteiger partial charge in [-0.25, -0.2) is 0 Å². The van der Waals surface area contributed by atoms with Crippen molar-refractivity contribution in [2.75, 3.05) is 19.8 Å². The van der Waals surface area contributed by atoms with Crippen molar-refractivity contribution in [1.82, 2.24) is 0 Å². The summed E-state index contributed by atoms with van der Waals surface area (Å²) in [5.41, 5.74) is 1.93. The minimum absolute atomic E-state index is 0.257. The van der Waals surface area contributed by atoms with Gasteiger partial charge in [-0.05, 0) is 41.8 Å². The molecule has 0 amide bonds. The number of rotatable bonds is 22. The summed E-state index contributed by atoms with van der Waals surface area (Å²) in [7, 11) is 0. The summed E-state index contributed by atoms with van der Waals surface area (Å²) in [5.74, 6) is 1.48. The lowest BCUT2D eigenvalue weighted by atomic mass is 10.1. The molecule has 1 unspecified atom stereocenters. The van der Waals surface area contributed by atoms with E-state index in [0.29, 0.717) is 26.1 Å². The third-order valence-corrected chi connectivity index (χ3v) is 6.60. The highest BCUT2D eigenvalue weighted by Gasteiger charge is 2.13. The van der Waals surface area contributed by atoms with Crippen molar-refractivity contribution in [1.29, 1.82) is 10.5 Å². The second-order valence-electron chi connectivity index (χ2n) is 9.97. The Morgan fingerprint density at radius 2 is 1.08 bits per heavy atom. The summed E-state index contributed by atoms with van der Waals surface area (Å²) >= 11 is 0. The van der Waals surface area contributed by atoms with Crippen LogP contribution >= 0.6 is 0 Å². The zero-order chi connectivity index (χ0) is 27.1. The number of nitrogens with zero attached hydrogens (tertiary/aromatic N) is 2. The zero-order valence-electron chi connectivity index (χ0n) is 23.3. The number of unbranched alkanes of at least 4 members (excludes halogenated alkanes) is 11. The molecule has 0 aliphatic rings. The lowest BCUT2D eigenvalue weighted by molar-refractivity contribution is 0.0244. The largest absolute Gasteiger partial charge is 0.490 e. The summed E-state index contributed by atoms with van der Waals surface area (Å²) in [4.78, 5) is 0. The average molecular weight is 519 g/mol. The maximum Gasteiger partial charge on any atom is 0.156 e. The molecule has 0 radical (unpaired) electrons. The molecular weight excluding hydrogens is 472 g/mol. The van der Waals surface area contributed by atoms with Gasteiger partial charge in [-0.3, -0.25) is 0 Å². The first-order chi connectivity index (χ1) is 18.7. The molecule has 0 aromatic heterocycles. The van der Waals surface area contributed by atoms with Crippen molar-refractivity contribution in [3.63, 3.8) is 0 Å². The topological polar surface area (TPSA) is 75.3 Å². The Bertz CT molecular complexity index is 929. The Morgan fingerprint density at radius 1 is 0.605 bits per heavy atom. The molecule has 0 bridgehead atoms. The van der Waals surface area contributed by atoms with E-state index in [2.05, 4.69) is 19.1 Å². The monoisotopic (exact) mass is 518 g/mol. The molecule has 0 aliphatic heterocycles. The van der Waals surface area contributed by atoms with Crippen LogP contribution in [0.15, 0.2) is 48.5 Å². The van der Waals surface area contributed by atoms with Crippen molar-refractivity contribution in [3.8, 4) is 23.6 Å². The highest BCUT2D eigenvalue weighted by molar-refractivity contribution is 5.30. The minimum Gasteiger partial charge on any atom is -0.490 e. The summed E-state index contributed by atoms with van der Waals surface area (Å²) in [6.45, 7) is 3.80. The molecule has 38 heavy (non-hydrogen) atoms. The van der Waals surface area contributed by atoms with Crippen LogP contribution in [0, 0.1) is 22.7 Å². The molecule has 2 aromatic rings. The van der Waals surface area contributed by atoms with Crippen molar-refractivity contribution < 1.29 is 14.2 Å². The predicted octanol–water partition coefficient (Wildman–Crippen LogP) is 8.36. The first-order valence-corrected chi connectivity index (χ1v) is 14.5. The standard InChI is InChI=1S/C33H46N2O3/c1-2-3-4-5-6-7-8-9-10-11-12-13-26-36-27-33(38-32-20-16-30(17-21-32)23-25-35)28-37-31-18-14-29(15-19-31)22-24-34/h14-21,33H,2-13,22-23,26-28H2,1H3. The van der Waals surface area contributed by atoms with Crippen molar-refractivity contribution in [2.45, 2.75) is 103 Å². The first-order valence-electron chi connectivity index (χ1n) is 14.5. The van der Waals surface area contributed by atoms with Gasteiger partial charge in [0, 0.05) is 6.61 Å². The number of benzene rings is 2. The Labute approximate surface area is 230 Å². The SMILES string of the molecule is CCCCCCCCCCCCCCOCC(COc1ccc(CC#N)cc1)Oc1ccc(CC#N)cc1. The lowest BCUT2D eigenvalue weighted by Gasteiger charge is -2.20. The number of hydrogen-bond acceptors (Lipinski definition) is 5. The van der Waals surface area contributed by atoms with Crippen LogP contribution in [0.4, 0.5) is 0 Å². The van der Waals surface area contributed by atoms with Crippen molar-refractivity contribution in [2.24, 2.45) is 0 Å². The van der Waals surface area contributed by atoms with E-state index in [0.717, 1.165) is 35.7 Å². The smallest absolute Gasteiger partial charge is 0.156 e. The normalized spacial score (nSPS) is 11.4. The summed E-state index contributed by atoms with van der Waals surface area (Å²) in [5, 5.41) is 17.7. The van der Waals surface area contributed by atoms with Crippen molar-refractivity contribution >= 4 is 0 Å². The van der Waals surface area contributed by atoms with Crippen molar-refractivity contribution in [3.05, 3.63) is 59.7 Å². The molecular formula is C33H46N2O3. The predicted molar refractivity (Wildman–Crippen MR) is 153 cm³/mol. The van der Waals surface area contributed by atoms with E-state index in [1.807, 2.05) is 48.5 Å². The van der Waals surface area contributed by atoms with Gasteiger partial charge >= 0.3 is 0 Å². The van der Waals surface area contributed by atoms with Crippen LogP contribution in [0.3, 0.4) is 0 Å². The Balaban J connectivity index is 1.67. The van der Waals surface area contributed by atoms with Gasteiger partial charge in [0.05, 0.1) is 31.6 Å². The second-order valence-corrected chi connectivity index (χ2v) is 9.97. The minimum atomic E-state index is -0.257. The first kappa shape index (κ1) is 31.2. The van der Waals surface area contributed by atoms with Crippen LogP contribution in [0.1, 0.15) is 95.1 Å². The van der Waals surface area contributed by atoms with Gasteiger partial charge in [-0.1, -0.05) is 102 Å². The molecule has 0 spiro atoms. The summed E-state index contributed by atoms with van der Waals surface area (Å²) < 4.78 is 18.1. The van der Waals surface area contributed by atoms with E-state index in [1.54, 1.807) is 0 Å². The molecule has 0 saturated heterocycles. The van der Waals surface area contributed by atoms with E-state index >= 15 is 0 Å². The average Bonchev–Trinajstić information content (AvgIpc) is 2.94. The number of hydrogen-bond donors (Lipinski definition) is 0. The van der Waals surface area contributed by atoms with Crippen LogP contribution in [0.25, 0.3) is 0 Å². The van der Waals surface area contributed by atoms with Gasteiger partial charge in [0.1, 0.15) is 18.1 Å². The fraction of sp³-hybridized carbons (Fsp3) is 0.576. The van der Waals surface area contributed by atoms with Gasteiger partial charge in [-0.2, -0.15) is 10.5 Å². The Hall–Kier alpha value is -3.02. The molecule has 1 atom stereocenters. The van der Waals surface area contributed by atoms with E-state index in [1.165, 1.54) is 70.6 Å². The lowest BCUT2D eigenvalue weighted by Crippen LogP contribution is -2.30. The third-order valence-electron chi connectivity index (χ3n) is 6.60. The van der Waals surface area contributed by atoms with Gasteiger partial charge in [0.2, 0.25) is 0 Å². The maximum absolute atomic E-state index is 8.89. The second kappa shape index (κ2) is 21.0. The van der Waals surface area contributed by atoms with Crippen LogP contribution in [0.5, 0.6) is 11.5 Å². The zero-order valence-corrected chi connectivity index (χ0v) is 23.3. The van der Waals surface area contributed by atoms with E-state index in [9.17, 15) is 0 Å². The van der Waals surface area contributed by atoms with E-state index in [4.69, 9.17) is 24.7 Å². The molecule has 0 aliphatic carbocycles. The highest BCUT2D eigenvalue weighted by atomic mass is 16.6. The Kier molecular flexibility index (Phi) is 17.2. The molecule has 0 heterocycles. The molecule has 2 aromatic carbocycles. The van der Waals surface area contributed by atoms with E-state index in [-0.39, 0.29) is 6.10 Å². The fourth-order valence-electron chi connectivity index (χ4n) is 4.33. The fourth-order valence-corrected chi connectivity index (χ4v) is 4.33. The summed E-state index contributed by atoms with van der Waals surface area (Å²) in [6.07, 6.45) is 16.4. The van der Waals surface area contributed by atoms with Crippen LogP contribution in [0.2, 0.25) is 0 Å². The quantitative estimate of drug-likeness (QED) is 0.146. The van der Waals surface area contributed by atoms with Gasteiger partial charge in [0.25, 0.3) is 0 Å². The maximum atomic E-state index is 8.89. The molecule has 0 fully saturated rings. The van der Waals surface area contributed by atoms with E-state index < -0.39 is 0 Å². The molecule has 206 valence electrons. The van der Waals surface area contributed by atoms with Crippen LogP contribution < -0.4 is 9.47 Å². The van der Waals surface area contributed by atoms with Crippen LogP contribution in [-0.2, 0) is 17.6 Å². The Morgan fingerprint density at radius 3 is 1.58 bits per heavy atom. The molecule has 5 nitrogen and oxygen atoms in total.